The third-order valence-electron chi connectivity index (χ3n) is 1.69. The maximum absolute atomic E-state index is 13.2. The minimum atomic E-state index is -0.372. The van der Waals surface area contributed by atoms with E-state index >= 15 is 0 Å². The van der Waals surface area contributed by atoms with E-state index in [1.165, 1.54) is 0 Å². The van der Waals surface area contributed by atoms with Crippen LogP contribution in [0.5, 0.6) is 0 Å². The second-order valence-electron chi connectivity index (χ2n) is 2.92. The van der Waals surface area contributed by atoms with Gasteiger partial charge in [0.1, 0.15) is 0 Å². The fourth-order valence-corrected chi connectivity index (χ4v) is 1.81. The van der Waals surface area contributed by atoms with Crippen LogP contribution in [0.3, 0.4) is 0 Å². The standard InChI is InChI=1S/C9H9BrClF/c1-5(2)6-3-4-7(10)9(12)8(6)11/h3-5H,1-2H3. The molecule has 0 nitrogen and oxygen atoms in total. The van der Waals surface area contributed by atoms with Gasteiger partial charge in [0, 0.05) is 0 Å². The van der Waals surface area contributed by atoms with Crippen LogP contribution in [0.15, 0.2) is 16.6 Å². The van der Waals surface area contributed by atoms with Crippen molar-refractivity contribution < 1.29 is 4.39 Å². The van der Waals surface area contributed by atoms with Crippen LogP contribution in [0.4, 0.5) is 4.39 Å². The molecule has 0 amide bonds. The zero-order chi connectivity index (χ0) is 9.30. The molecule has 0 aliphatic heterocycles. The third kappa shape index (κ3) is 1.80. The van der Waals surface area contributed by atoms with Gasteiger partial charge in [-0.25, -0.2) is 4.39 Å². The van der Waals surface area contributed by atoms with Gasteiger partial charge in [-0.05, 0) is 33.5 Å². The average molecular weight is 252 g/mol. The van der Waals surface area contributed by atoms with Gasteiger partial charge in [-0.1, -0.05) is 31.5 Å². The van der Waals surface area contributed by atoms with Crippen molar-refractivity contribution in [3.05, 3.63) is 33.0 Å². The molecule has 0 aromatic heterocycles. The molecule has 0 aliphatic carbocycles. The molecule has 1 aromatic rings. The maximum Gasteiger partial charge on any atom is 0.156 e. The van der Waals surface area contributed by atoms with E-state index in [1.807, 2.05) is 19.9 Å². The lowest BCUT2D eigenvalue weighted by molar-refractivity contribution is 0.617. The first kappa shape index (κ1) is 10.0. The summed E-state index contributed by atoms with van der Waals surface area (Å²) in [4.78, 5) is 0. The highest BCUT2D eigenvalue weighted by Gasteiger charge is 2.11. The average Bonchev–Trinajstić information content (AvgIpc) is 2.00. The highest BCUT2D eigenvalue weighted by atomic mass is 79.9. The molecule has 0 aliphatic rings. The van der Waals surface area contributed by atoms with Crippen molar-refractivity contribution in [2.45, 2.75) is 19.8 Å². The summed E-state index contributed by atoms with van der Waals surface area (Å²) in [6.07, 6.45) is 0. The normalized spacial score (nSPS) is 10.8. The Bertz CT molecular complexity index is 297. The predicted molar refractivity (Wildman–Crippen MR) is 53.2 cm³/mol. The zero-order valence-corrected chi connectivity index (χ0v) is 9.21. The van der Waals surface area contributed by atoms with Crippen molar-refractivity contribution in [1.29, 1.82) is 0 Å². The van der Waals surface area contributed by atoms with Gasteiger partial charge in [0.05, 0.1) is 9.50 Å². The van der Waals surface area contributed by atoms with E-state index in [0.29, 0.717) is 4.47 Å². The first-order valence-electron chi connectivity index (χ1n) is 3.67. The Morgan fingerprint density at radius 3 is 2.50 bits per heavy atom. The number of hydrogen-bond donors (Lipinski definition) is 0. The van der Waals surface area contributed by atoms with Crippen LogP contribution in [0.25, 0.3) is 0 Å². The van der Waals surface area contributed by atoms with Crippen LogP contribution >= 0.6 is 27.5 Å². The van der Waals surface area contributed by atoms with Gasteiger partial charge in [-0.2, -0.15) is 0 Å². The molecule has 0 heterocycles. The quantitative estimate of drug-likeness (QED) is 0.650. The molecule has 3 heteroatoms. The van der Waals surface area contributed by atoms with E-state index in [0.717, 1.165) is 5.56 Å². The van der Waals surface area contributed by atoms with E-state index in [2.05, 4.69) is 15.9 Å². The molecular formula is C9H9BrClF. The van der Waals surface area contributed by atoms with Gasteiger partial charge in [0.15, 0.2) is 5.82 Å². The summed E-state index contributed by atoms with van der Waals surface area (Å²) in [6, 6.07) is 3.51. The molecule has 0 saturated heterocycles. The van der Waals surface area contributed by atoms with Crippen molar-refractivity contribution in [3.8, 4) is 0 Å². The van der Waals surface area contributed by atoms with Gasteiger partial charge in [-0.3, -0.25) is 0 Å². The topological polar surface area (TPSA) is 0 Å². The van der Waals surface area contributed by atoms with Gasteiger partial charge in [-0.15, -0.1) is 0 Å². The van der Waals surface area contributed by atoms with Crippen LogP contribution in [0.2, 0.25) is 5.02 Å². The Hall–Kier alpha value is -0.0800. The van der Waals surface area contributed by atoms with E-state index < -0.39 is 0 Å². The largest absolute Gasteiger partial charge is 0.204 e. The Morgan fingerprint density at radius 2 is 2.00 bits per heavy atom. The molecule has 0 N–H and O–H groups in total. The van der Waals surface area contributed by atoms with Crippen molar-refractivity contribution >= 4 is 27.5 Å². The van der Waals surface area contributed by atoms with E-state index in [1.54, 1.807) is 6.07 Å². The number of hydrogen-bond acceptors (Lipinski definition) is 0. The fraction of sp³-hybridized carbons (Fsp3) is 0.333. The highest BCUT2D eigenvalue weighted by Crippen LogP contribution is 2.30. The SMILES string of the molecule is CC(C)c1ccc(Br)c(F)c1Cl. The summed E-state index contributed by atoms with van der Waals surface area (Å²) < 4.78 is 13.6. The smallest absolute Gasteiger partial charge is 0.156 e. The van der Waals surface area contributed by atoms with E-state index in [9.17, 15) is 4.39 Å². The summed E-state index contributed by atoms with van der Waals surface area (Å²) >= 11 is 8.86. The van der Waals surface area contributed by atoms with Crippen molar-refractivity contribution in [2.24, 2.45) is 0 Å². The first-order chi connectivity index (χ1) is 5.54. The molecule has 0 saturated carbocycles. The third-order valence-corrected chi connectivity index (χ3v) is 2.68. The van der Waals surface area contributed by atoms with Gasteiger partial charge >= 0.3 is 0 Å². The van der Waals surface area contributed by atoms with Crippen LogP contribution in [0.1, 0.15) is 25.3 Å². The first-order valence-corrected chi connectivity index (χ1v) is 4.84. The summed E-state index contributed by atoms with van der Waals surface area (Å²) in [5, 5.41) is 0.222. The lowest BCUT2D eigenvalue weighted by Crippen LogP contribution is -1.92. The Balaban J connectivity index is 3.27. The molecular weight excluding hydrogens is 242 g/mol. The molecule has 12 heavy (non-hydrogen) atoms. The molecule has 1 aromatic carbocycles. The van der Waals surface area contributed by atoms with Crippen molar-refractivity contribution in [3.63, 3.8) is 0 Å². The Kier molecular flexibility index (Phi) is 3.13. The maximum atomic E-state index is 13.2. The second kappa shape index (κ2) is 3.75. The lowest BCUT2D eigenvalue weighted by atomic mass is 10.0. The molecule has 0 bridgehead atoms. The molecule has 0 radical (unpaired) electrons. The minimum absolute atomic E-state index is 0.222. The zero-order valence-electron chi connectivity index (χ0n) is 6.87. The summed E-state index contributed by atoms with van der Waals surface area (Å²) in [5.74, 6) is -0.122. The molecule has 0 spiro atoms. The monoisotopic (exact) mass is 250 g/mol. The lowest BCUT2D eigenvalue weighted by Gasteiger charge is -2.08. The minimum Gasteiger partial charge on any atom is -0.204 e. The summed E-state index contributed by atoms with van der Waals surface area (Å²) in [7, 11) is 0. The molecule has 0 atom stereocenters. The molecule has 1 rings (SSSR count). The highest BCUT2D eigenvalue weighted by molar-refractivity contribution is 9.10. The van der Waals surface area contributed by atoms with Crippen molar-refractivity contribution in [1.82, 2.24) is 0 Å². The van der Waals surface area contributed by atoms with Gasteiger partial charge < -0.3 is 0 Å². The summed E-state index contributed by atoms with van der Waals surface area (Å²) in [5.41, 5.74) is 0.845. The molecule has 0 unspecified atom stereocenters. The van der Waals surface area contributed by atoms with Gasteiger partial charge in [0.25, 0.3) is 0 Å². The predicted octanol–water partition coefficient (Wildman–Crippen LogP) is 4.37. The second-order valence-corrected chi connectivity index (χ2v) is 4.15. The van der Waals surface area contributed by atoms with Gasteiger partial charge in [0.2, 0.25) is 0 Å². The van der Waals surface area contributed by atoms with Crippen LogP contribution in [0, 0.1) is 5.82 Å². The number of rotatable bonds is 1. The fourth-order valence-electron chi connectivity index (χ4n) is 0.987. The number of halogens is 3. The number of benzene rings is 1. The van der Waals surface area contributed by atoms with E-state index in [-0.39, 0.29) is 16.8 Å². The molecule has 0 fully saturated rings. The Morgan fingerprint density at radius 1 is 1.42 bits per heavy atom. The van der Waals surface area contributed by atoms with Crippen LogP contribution in [-0.4, -0.2) is 0 Å². The van der Waals surface area contributed by atoms with Crippen LogP contribution < -0.4 is 0 Å². The summed E-state index contributed by atoms with van der Waals surface area (Å²) in [6.45, 7) is 3.96. The molecule has 66 valence electrons. The van der Waals surface area contributed by atoms with E-state index in [4.69, 9.17) is 11.6 Å². The van der Waals surface area contributed by atoms with Crippen molar-refractivity contribution in [2.75, 3.05) is 0 Å². The Labute approximate surface area is 84.9 Å². The van der Waals surface area contributed by atoms with Crippen LogP contribution in [-0.2, 0) is 0 Å².